The highest BCUT2D eigenvalue weighted by molar-refractivity contribution is 5.78. The van der Waals surface area contributed by atoms with Gasteiger partial charge >= 0.3 is 0 Å². The Bertz CT molecular complexity index is 1140. The molecule has 0 bridgehead atoms. The summed E-state index contributed by atoms with van der Waals surface area (Å²) in [6, 6.07) is 26.2. The van der Waals surface area contributed by atoms with Crippen molar-refractivity contribution in [3.63, 3.8) is 0 Å². The molecule has 5 nitrogen and oxygen atoms in total. The number of carbonyl (C=O) groups is 1. The first-order valence-electron chi connectivity index (χ1n) is 10.3. The monoisotopic (exact) mass is 411 g/mol. The summed E-state index contributed by atoms with van der Waals surface area (Å²) in [6.07, 6.45) is 3.74. The van der Waals surface area contributed by atoms with Crippen LogP contribution in [0.4, 0.5) is 0 Å². The average Bonchev–Trinajstić information content (AvgIpc) is 3.31. The van der Waals surface area contributed by atoms with Gasteiger partial charge in [-0.2, -0.15) is 5.10 Å². The van der Waals surface area contributed by atoms with Crippen LogP contribution in [0.5, 0.6) is 5.75 Å². The molecule has 31 heavy (non-hydrogen) atoms. The number of nitrogens with one attached hydrogen (secondary N) is 1. The van der Waals surface area contributed by atoms with Crippen LogP contribution in [0.2, 0.25) is 0 Å². The molecule has 3 aromatic carbocycles. The Labute approximate surface area is 182 Å². The van der Waals surface area contributed by atoms with Gasteiger partial charge in [0.25, 0.3) is 5.91 Å². The summed E-state index contributed by atoms with van der Waals surface area (Å²) in [7, 11) is 0. The number of carbonyl (C=O) groups excluding carboxylic acids is 1. The molecular formula is C26H25N3O2. The van der Waals surface area contributed by atoms with Crippen LogP contribution in [0.15, 0.2) is 91.3 Å². The van der Waals surface area contributed by atoms with Gasteiger partial charge in [-0.3, -0.25) is 9.48 Å². The zero-order valence-electron chi connectivity index (χ0n) is 17.5. The quantitative estimate of drug-likeness (QED) is 0.461. The summed E-state index contributed by atoms with van der Waals surface area (Å²) < 4.78 is 7.54. The topological polar surface area (TPSA) is 56.1 Å². The standard InChI is InChI=1S/C26H25N3O2/c1-20-7-2-5-10-25(20)31-19-26(30)27-17-23-8-3-4-9-24(23)22-13-11-21(12-14-22)18-29-16-6-15-28-29/h2-16H,17-19H2,1H3,(H,27,30). The van der Waals surface area contributed by atoms with Crippen LogP contribution < -0.4 is 10.1 Å². The van der Waals surface area contributed by atoms with Gasteiger partial charge in [-0.25, -0.2) is 0 Å². The molecule has 0 aliphatic heterocycles. The van der Waals surface area contributed by atoms with E-state index in [1.54, 1.807) is 6.20 Å². The number of ether oxygens (including phenoxy) is 1. The van der Waals surface area contributed by atoms with E-state index in [9.17, 15) is 4.79 Å². The minimum Gasteiger partial charge on any atom is -0.484 e. The molecule has 0 saturated carbocycles. The van der Waals surface area contributed by atoms with E-state index < -0.39 is 0 Å². The third-order valence-corrected chi connectivity index (χ3v) is 5.11. The molecule has 1 heterocycles. The molecule has 5 heteroatoms. The smallest absolute Gasteiger partial charge is 0.258 e. The molecule has 1 aromatic heterocycles. The Kier molecular flexibility index (Phi) is 6.43. The predicted molar refractivity (Wildman–Crippen MR) is 122 cm³/mol. The lowest BCUT2D eigenvalue weighted by atomic mass is 9.98. The number of aryl methyl sites for hydroxylation is 1. The van der Waals surface area contributed by atoms with E-state index in [4.69, 9.17) is 4.74 Å². The van der Waals surface area contributed by atoms with Crippen LogP contribution in [0.25, 0.3) is 11.1 Å². The number of rotatable bonds is 8. The lowest BCUT2D eigenvalue weighted by molar-refractivity contribution is -0.123. The van der Waals surface area contributed by atoms with Gasteiger partial charge in [0.1, 0.15) is 5.75 Å². The summed E-state index contributed by atoms with van der Waals surface area (Å²) in [5.74, 6) is 0.584. The Morgan fingerprint density at radius 2 is 1.74 bits per heavy atom. The molecule has 0 fully saturated rings. The summed E-state index contributed by atoms with van der Waals surface area (Å²) in [6.45, 7) is 3.14. The van der Waals surface area contributed by atoms with Crippen molar-refractivity contribution >= 4 is 5.91 Å². The first-order chi connectivity index (χ1) is 15.2. The molecule has 0 spiro atoms. The minimum atomic E-state index is -0.146. The predicted octanol–water partition coefficient (Wildman–Crippen LogP) is 4.60. The summed E-state index contributed by atoms with van der Waals surface area (Å²) in [5.41, 5.74) is 5.48. The molecular weight excluding hydrogens is 386 g/mol. The molecule has 156 valence electrons. The zero-order chi connectivity index (χ0) is 21.5. The molecule has 4 aromatic rings. The van der Waals surface area contributed by atoms with E-state index in [0.29, 0.717) is 6.54 Å². The van der Waals surface area contributed by atoms with Gasteiger partial charge in [-0.15, -0.1) is 0 Å². The van der Waals surface area contributed by atoms with Gasteiger partial charge in [0.2, 0.25) is 0 Å². The van der Waals surface area contributed by atoms with Crippen molar-refractivity contribution in [2.45, 2.75) is 20.0 Å². The van der Waals surface area contributed by atoms with Crippen molar-refractivity contribution in [2.75, 3.05) is 6.61 Å². The largest absolute Gasteiger partial charge is 0.484 e. The maximum atomic E-state index is 12.3. The fraction of sp³-hybridized carbons (Fsp3) is 0.154. The summed E-state index contributed by atoms with van der Waals surface area (Å²) >= 11 is 0. The van der Waals surface area contributed by atoms with E-state index in [1.165, 1.54) is 5.56 Å². The number of aromatic nitrogens is 2. The van der Waals surface area contributed by atoms with Crippen molar-refractivity contribution in [3.05, 3.63) is 108 Å². The van der Waals surface area contributed by atoms with E-state index >= 15 is 0 Å². The van der Waals surface area contributed by atoms with E-state index in [2.05, 4.69) is 40.7 Å². The number of amides is 1. The zero-order valence-corrected chi connectivity index (χ0v) is 17.5. The highest BCUT2D eigenvalue weighted by atomic mass is 16.5. The van der Waals surface area contributed by atoms with Gasteiger partial charge < -0.3 is 10.1 Å². The maximum absolute atomic E-state index is 12.3. The van der Waals surface area contributed by atoms with Gasteiger partial charge in [0, 0.05) is 18.9 Å². The molecule has 0 saturated heterocycles. The molecule has 0 unspecified atom stereocenters. The second kappa shape index (κ2) is 9.76. The van der Waals surface area contributed by atoms with Crippen LogP contribution in [0.1, 0.15) is 16.7 Å². The van der Waals surface area contributed by atoms with Gasteiger partial charge in [-0.05, 0) is 46.9 Å². The Hall–Kier alpha value is -3.86. The Balaban J connectivity index is 1.38. The molecule has 0 aliphatic carbocycles. The van der Waals surface area contributed by atoms with Crippen molar-refractivity contribution in [1.82, 2.24) is 15.1 Å². The minimum absolute atomic E-state index is 0.00482. The van der Waals surface area contributed by atoms with E-state index in [-0.39, 0.29) is 12.5 Å². The fourth-order valence-electron chi connectivity index (χ4n) is 3.43. The first kappa shape index (κ1) is 20.4. The van der Waals surface area contributed by atoms with Crippen LogP contribution in [-0.4, -0.2) is 22.3 Å². The average molecular weight is 412 g/mol. The molecule has 0 radical (unpaired) electrons. The third kappa shape index (κ3) is 5.39. The lowest BCUT2D eigenvalue weighted by Crippen LogP contribution is -2.28. The highest BCUT2D eigenvalue weighted by Crippen LogP contribution is 2.24. The van der Waals surface area contributed by atoms with Crippen molar-refractivity contribution < 1.29 is 9.53 Å². The van der Waals surface area contributed by atoms with Crippen LogP contribution in [0, 0.1) is 6.92 Å². The van der Waals surface area contributed by atoms with Gasteiger partial charge in [0.05, 0.1) is 6.54 Å². The highest BCUT2D eigenvalue weighted by Gasteiger charge is 2.08. The maximum Gasteiger partial charge on any atom is 0.258 e. The molecule has 4 rings (SSSR count). The second-order valence-electron chi connectivity index (χ2n) is 7.39. The SMILES string of the molecule is Cc1ccccc1OCC(=O)NCc1ccccc1-c1ccc(Cn2cccn2)cc1. The fourth-order valence-corrected chi connectivity index (χ4v) is 3.43. The number of hydrogen-bond donors (Lipinski definition) is 1. The Morgan fingerprint density at radius 1 is 0.968 bits per heavy atom. The summed E-state index contributed by atoms with van der Waals surface area (Å²) in [5, 5.41) is 7.22. The van der Waals surface area contributed by atoms with Crippen molar-refractivity contribution in [3.8, 4) is 16.9 Å². The van der Waals surface area contributed by atoms with Gasteiger partial charge in [0.15, 0.2) is 6.61 Å². The van der Waals surface area contributed by atoms with E-state index in [1.807, 2.05) is 66.3 Å². The second-order valence-corrected chi connectivity index (χ2v) is 7.39. The third-order valence-electron chi connectivity index (χ3n) is 5.11. The van der Waals surface area contributed by atoms with Crippen molar-refractivity contribution in [2.24, 2.45) is 0 Å². The van der Waals surface area contributed by atoms with E-state index in [0.717, 1.165) is 34.5 Å². The Morgan fingerprint density at radius 3 is 2.52 bits per heavy atom. The molecule has 1 amide bonds. The first-order valence-corrected chi connectivity index (χ1v) is 10.3. The van der Waals surface area contributed by atoms with Crippen LogP contribution in [-0.2, 0) is 17.9 Å². The van der Waals surface area contributed by atoms with Crippen molar-refractivity contribution in [1.29, 1.82) is 0 Å². The number of para-hydroxylation sites is 1. The van der Waals surface area contributed by atoms with Crippen LogP contribution in [0.3, 0.4) is 0 Å². The lowest BCUT2D eigenvalue weighted by Gasteiger charge is -2.13. The van der Waals surface area contributed by atoms with Gasteiger partial charge in [-0.1, -0.05) is 66.7 Å². The number of hydrogen-bond acceptors (Lipinski definition) is 3. The molecule has 0 aliphatic rings. The molecule has 0 atom stereocenters. The number of benzene rings is 3. The number of nitrogens with zero attached hydrogens (tertiary/aromatic N) is 2. The summed E-state index contributed by atoms with van der Waals surface area (Å²) in [4.78, 5) is 12.3. The van der Waals surface area contributed by atoms with Crippen LogP contribution >= 0.6 is 0 Å². The normalized spacial score (nSPS) is 10.6. The molecule has 1 N–H and O–H groups in total.